The second kappa shape index (κ2) is 6.27. The number of piperazine rings is 1. The van der Waals surface area contributed by atoms with Gasteiger partial charge in [-0.05, 0) is 6.07 Å². The van der Waals surface area contributed by atoms with Crippen LogP contribution >= 0.6 is 0 Å². The van der Waals surface area contributed by atoms with Crippen molar-refractivity contribution in [1.29, 1.82) is 0 Å². The molecule has 3 rings (SSSR count). The summed E-state index contributed by atoms with van der Waals surface area (Å²) in [7, 11) is 0. The van der Waals surface area contributed by atoms with Crippen LogP contribution < -0.4 is 4.74 Å². The van der Waals surface area contributed by atoms with E-state index in [1.165, 1.54) is 6.07 Å². The molecule has 2 atom stereocenters. The Morgan fingerprint density at radius 2 is 2.00 bits per heavy atom. The minimum Gasteiger partial charge on any atom is -0.487 e. The van der Waals surface area contributed by atoms with Gasteiger partial charge in [-0.3, -0.25) is 9.80 Å². The molecule has 21 heavy (non-hydrogen) atoms. The third-order valence-electron chi connectivity index (χ3n) is 4.30. The van der Waals surface area contributed by atoms with Gasteiger partial charge < -0.3 is 14.9 Å². The van der Waals surface area contributed by atoms with E-state index in [0.29, 0.717) is 6.54 Å². The third kappa shape index (κ3) is 2.89. The zero-order valence-electron chi connectivity index (χ0n) is 11.9. The van der Waals surface area contributed by atoms with E-state index in [4.69, 9.17) is 9.84 Å². The van der Waals surface area contributed by atoms with Gasteiger partial charge in [0.15, 0.2) is 11.6 Å². The van der Waals surface area contributed by atoms with Gasteiger partial charge in [0.05, 0.1) is 12.6 Å². The molecule has 2 aliphatic heterocycles. The summed E-state index contributed by atoms with van der Waals surface area (Å²) in [5, 5.41) is 19.3. The molecule has 5 nitrogen and oxygen atoms in total. The van der Waals surface area contributed by atoms with E-state index in [0.717, 1.165) is 31.7 Å². The highest BCUT2D eigenvalue weighted by atomic mass is 19.1. The summed E-state index contributed by atoms with van der Waals surface area (Å²) in [6.07, 6.45) is -0.649. The fraction of sp³-hybridized carbons (Fsp3) is 0.600. The summed E-state index contributed by atoms with van der Waals surface area (Å²) in [5.41, 5.74) is 0.726. The van der Waals surface area contributed by atoms with Gasteiger partial charge in [-0.2, -0.15) is 0 Å². The number of benzene rings is 1. The highest BCUT2D eigenvalue weighted by molar-refractivity contribution is 5.40. The Kier molecular flexibility index (Phi) is 4.40. The van der Waals surface area contributed by atoms with Gasteiger partial charge in [-0.1, -0.05) is 12.1 Å². The van der Waals surface area contributed by atoms with Gasteiger partial charge >= 0.3 is 0 Å². The number of rotatable bonds is 3. The Morgan fingerprint density at radius 3 is 2.71 bits per heavy atom. The van der Waals surface area contributed by atoms with Gasteiger partial charge in [-0.15, -0.1) is 0 Å². The van der Waals surface area contributed by atoms with Crippen LogP contribution in [0.25, 0.3) is 0 Å². The normalized spacial score (nSPS) is 27.2. The lowest BCUT2D eigenvalue weighted by molar-refractivity contribution is -0.0206. The van der Waals surface area contributed by atoms with Crippen LogP contribution in [0.2, 0.25) is 0 Å². The first-order valence-corrected chi connectivity index (χ1v) is 7.37. The highest BCUT2D eigenvalue weighted by Gasteiger charge is 2.36. The maximum Gasteiger partial charge on any atom is 0.165 e. The van der Waals surface area contributed by atoms with E-state index in [1.807, 2.05) is 6.07 Å². The van der Waals surface area contributed by atoms with Crippen LogP contribution in [0, 0.1) is 5.82 Å². The van der Waals surface area contributed by atoms with Crippen LogP contribution in [0.3, 0.4) is 0 Å². The molecule has 1 saturated heterocycles. The summed E-state index contributed by atoms with van der Waals surface area (Å²) in [5.74, 6) is -0.103. The Bertz CT molecular complexity index is 492. The Hall–Kier alpha value is -1.21. The minimum atomic E-state index is -0.649. The molecule has 1 aromatic carbocycles. The van der Waals surface area contributed by atoms with Gasteiger partial charge in [0.2, 0.25) is 0 Å². The zero-order chi connectivity index (χ0) is 14.8. The Labute approximate surface area is 123 Å². The van der Waals surface area contributed by atoms with Crippen molar-refractivity contribution >= 4 is 0 Å². The Morgan fingerprint density at radius 1 is 1.24 bits per heavy atom. The molecule has 0 aromatic heterocycles. The quantitative estimate of drug-likeness (QED) is 0.836. The van der Waals surface area contributed by atoms with Crippen molar-refractivity contribution in [3.05, 3.63) is 29.6 Å². The molecule has 0 saturated carbocycles. The van der Waals surface area contributed by atoms with E-state index in [2.05, 4.69) is 9.80 Å². The molecular formula is C15H21FN2O3. The van der Waals surface area contributed by atoms with Crippen LogP contribution in [-0.4, -0.2) is 72.1 Å². The molecule has 0 radical (unpaired) electrons. The van der Waals surface area contributed by atoms with Crippen LogP contribution in [0.15, 0.2) is 18.2 Å². The fourth-order valence-corrected chi connectivity index (χ4v) is 3.22. The van der Waals surface area contributed by atoms with E-state index in [9.17, 15) is 9.50 Å². The third-order valence-corrected chi connectivity index (χ3v) is 4.30. The molecule has 2 unspecified atom stereocenters. The molecule has 0 spiro atoms. The van der Waals surface area contributed by atoms with Crippen molar-refractivity contribution in [3.63, 3.8) is 0 Å². The fourth-order valence-electron chi connectivity index (χ4n) is 3.22. The summed E-state index contributed by atoms with van der Waals surface area (Å²) in [6.45, 7) is 4.22. The Balaban J connectivity index is 1.78. The topological polar surface area (TPSA) is 56.2 Å². The average molecular weight is 296 g/mol. The number of aliphatic hydroxyl groups is 2. The van der Waals surface area contributed by atoms with Crippen LogP contribution in [0.4, 0.5) is 4.39 Å². The van der Waals surface area contributed by atoms with Crippen molar-refractivity contribution in [2.45, 2.75) is 12.1 Å². The summed E-state index contributed by atoms with van der Waals surface area (Å²) >= 11 is 0. The van der Waals surface area contributed by atoms with Gasteiger partial charge in [-0.25, -0.2) is 4.39 Å². The molecule has 2 N–H and O–H groups in total. The van der Waals surface area contributed by atoms with Gasteiger partial charge in [0.1, 0.15) is 12.7 Å². The van der Waals surface area contributed by atoms with E-state index in [1.54, 1.807) is 6.07 Å². The van der Waals surface area contributed by atoms with Gasteiger partial charge in [0, 0.05) is 38.3 Å². The molecule has 0 bridgehead atoms. The molecular weight excluding hydrogens is 275 g/mol. The first-order valence-electron chi connectivity index (χ1n) is 7.37. The number of halogens is 1. The molecule has 1 aromatic rings. The molecule has 116 valence electrons. The SMILES string of the molecule is OCCN1CCN(C2c3cccc(F)c3OCC2O)CC1. The lowest BCUT2D eigenvalue weighted by Crippen LogP contribution is -2.52. The van der Waals surface area contributed by atoms with Crippen LogP contribution in [0.1, 0.15) is 11.6 Å². The second-order valence-electron chi connectivity index (χ2n) is 5.58. The van der Waals surface area contributed by atoms with E-state index < -0.39 is 6.10 Å². The number of nitrogens with zero attached hydrogens (tertiary/aromatic N) is 2. The maximum absolute atomic E-state index is 13.8. The number of aliphatic hydroxyl groups excluding tert-OH is 2. The predicted molar refractivity (Wildman–Crippen MR) is 75.7 cm³/mol. The number of fused-ring (bicyclic) bond motifs is 1. The number of hydrogen-bond acceptors (Lipinski definition) is 5. The van der Waals surface area contributed by atoms with Crippen LogP contribution in [-0.2, 0) is 0 Å². The monoisotopic (exact) mass is 296 g/mol. The van der Waals surface area contributed by atoms with Crippen molar-refractivity contribution in [2.75, 3.05) is 45.9 Å². The number of para-hydroxylation sites is 1. The number of β-amino-alcohol motifs (C(OH)–C–C–N with tert-alkyl or cyclic N) is 1. The highest BCUT2D eigenvalue weighted by Crippen LogP contribution is 2.38. The lowest BCUT2D eigenvalue weighted by Gasteiger charge is -2.43. The molecule has 2 heterocycles. The molecule has 2 aliphatic rings. The zero-order valence-corrected chi connectivity index (χ0v) is 11.9. The maximum atomic E-state index is 13.8. The standard InChI is InChI=1S/C15H21FN2O3/c16-12-3-1-2-11-14(13(20)10-21-15(11)12)18-6-4-17(5-7-18)8-9-19/h1-3,13-14,19-20H,4-10H2. The molecule has 1 fully saturated rings. The predicted octanol–water partition coefficient (Wildman–Crippen LogP) is 0.230. The van der Waals surface area contributed by atoms with Gasteiger partial charge in [0.25, 0.3) is 0 Å². The number of hydrogen-bond donors (Lipinski definition) is 2. The smallest absolute Gasteiger partial charge is 0.165 e. The lowest BCUT2D eigenvalue weighted by atomic mass is 9.95. The molecule has 6 heteroatoms. The molecule has 0 aliphatic carbocycles. The van der Waals surface area contributed by atoms with Crippen molar-refractivity contribution < 1.29 is 19.3 Å². The van der Waals surface area contributed by atoms with E-state index in [-0.39, 0.29) is 30.8 Å². The largest absolute Gasteiger partial charge is 0.487 e. The van der Waals surface area contributed by atoms with Crippen molar-refractivity contribution in [3.8, 4) is 5.75 Å². The number of ether oxygens (including phenoxy) is 1. The minimum absolute atomic E-state index is 0.120. The first-order chi connectivity index (χ1) is 10.2. The van der Waals surface area contributed by atoms with Crippen LogP contribution in [0.5, 0.6) is 5.75 Å². The summed E-state index contributed by atoms with van der Waals surface area (Å²) in [6, 6.07) is 4.64. The average Bonchev–Trinajstić information content (AvgIpc) is 2.49. The van der Waals surface area contributed by atoms with Crippen molar-refractivity contribution in [1.82, 2.24) is 9.80 Å². The first kappa shape index (κ1) is 14.7. The summed E-state index contributed by atoms with van der Waals surface area (Å²) in [4.78, 5) is 4.37. The van der Waals surface area contributed by atoms with Crippen molar-refractivity contribution in [2.24, 2.45) is 0 Å². The second-order valence-corrected chi connectivity index (χ2v) is 5.58. The van der Waals surface area contributed by atoms with E-state index >= 15 is 0 Å². The summed E-state index contributed by atoms with van der Waals surface area (Å²) < 4.78 is 19.2. The molecule has 0 amide bonds.